The van der Waals surface area contributed by atoms with Crippen molar-refractivity contribution in [2.24, 2.45) is 0 Å². The number of alkyl halides is 3. The van der Waals surface area contributed by atoms with Crippen molar-refractivity contribution in [1.82, 2.24) is 0 Å². The first-order valence-electron chi connectivity index (χ1n) is 3.33. The summed E-state index contributed by atoms with van der Waals surface area (Å²) >= 11 is 9.30. The molecule has 78 valence electrons. The molecule has 0 aliphatic rings. The molecule has 0 spiro atoms. The number of anilines is 1. The van der Waals surface area contributed by atoms with Crippen LogP contribution in [-0.2, 0) is 0 Å². The summed E-state index contributed by atoms with van der Waals surface area (Å²) in [7, 11) is 0. The Morgan fingerprint density at radius 1 is 1.36 bits per heavy atom. The lowest BCUT2D eigenvalue weighted by Crippen LogP contribution is -2.17. The van der Waals surface area contributed by atoms with Crippen molar-refractivity contribution in [3.8, 4) is 5.75 Å². The number of hydrogen-bond donors (Lipinski definition) is 2. The third-order valence-corrected chi connectivity index (χ3v) is 2.17. The Hall–Kier alpha value is -0.750. The van der Waals surface area contributed by atoms with Crippen molar-refractivity contribution in [3.05, 3.63) is 17.2 Å². The van der Waals surface area contributed by atoms with Crippen molar-refractivity contribution < 1.29 is 17.9 Å². The Morgan fingerprint density at radius 2 is 1.93 bits per heavy atom. The summed E-state index contributed by atoms with van der Waals surface area (Å²) in [5.74, 6) is -0.508. The summed E-state index contributed by atoms with van der Waals surface area (Å²) in [4.78, 5) is -0.0989. The van der Waals surface area contributed by atoms with Gasteiger partial charge in [0.05, 0.1) is 9.92 Å². The number of benzene rings is 1. The van der Waals surface area contributed by atoms with Gasteiger partial charge in [-0.15, -0.1) is 25.8 Å². The smallest absolute Gasteiger partial charge is 0.404 e. The van der Waals surface area contributed by atoms with Crippen LogP contribution in [0.25, 0.3) is 0 Å². The zero-order valence-electron chi connectivity index (χ0n) is 6.60. The van der Waals surface area contributed by atoms with Crippen LogP contribution < -0.4 is 10.5 Å². The van der Waals surface area contributed by atoms with Crippen molar-refractivity contribution in [3.63, 3.8) is 0 Å². The van der Waals surface area contributed by atoms with E-state index in [1.165, 1.54) is 6.07 Å². The van der Waals surface area contributed by atoms with E-state index in [-0.39, 0.29) is 15.6 Å². The average Bonchev–Trinajstić information content (AvgIpc) is 1.96. The Morgan fingerprint density at radius 3 is 2.43 bits per heavy atom. The molecule has 0 radical (unpaired) electrons. The zero-order valence-corrected chi connectivity index (χ0v) is 8.25. The number of nitrogen functional groups attached to an aromatic ring is 1. The van der Waals surface area contributed by atoms with Gasteiger partial charge in [0.15, 0.2) is 0 Å². The van der Waals surface area contributed by atoms with Gasteiger partial charge in [-0.1, -0.05) is 11.6 Å². The first-order chi connectivity index (χ1) is 6.29. The summed E-state index contributed by atoms with van der Waals surface area (Å²) in [5, 5.41) is 0.00702. The minimum Gasteiger partial charge on any atom is -0.404 e. The minimum atomic E-state index is -4.78. The molecule has 0 saturated carbocycles. The fourth-order valence-electron chi connectivity index (χ4n) is 0.796. The molecular weight excluding hydrogens is 239 g/mol. The van der Waals surface area contributed by atoms with Crippen molar-refractivity contribution in [1.29, 1.82) is 0 Å². The van der Waals surface area contributed by atoms with Crippen LogP contribution in [0, 0.1) is 0 Å². The fraction of sp³-hybridized carbons (Fsp3) is 0.143. The van der Waals surface area contributed by atoms with Gasteiger partial charge in [0.2, 0.25) is 0 Å². The lowest BCUT2D eigenvalue weighted by Gasteiger charge is -2.12. The van der Waals surface area contributed by atoms with E-state index in [4.69, 9.17) is 17.3 Å². The second kappa shape index (κ2) is 3.78. The molecule has 2 N–H and O–H groups in total. The van der Waals surface area contributed by atoms with Crippen LogP contribution in [0.1, 0.15) is 0 Å². The maximum absolute atomic E-state index is 11.8. The molecule has 0 unspecified atom stereocenters. The molecule has 1 rings (SSSR count). The highest BCUT2D eigenvalue weighted by Gasteiger charge is 2.32. The van der Waals surface area contributed by atoms with Gasteiger partial charge in [-0.25, -0.2) is 0 Å². The van der Waals surface area contributed by atoms with Gasteiger partial charge in [0.1, 0.15) is 5.75 Å². The number of halogens is 4. The number of nitrogens with two attached hydrogens (primary N) is 1. The van der Waals surface area contributed by atoms with Crippen molar-refractivity contribution in [2.75, 3.05) is 5.73 Å². The minimum absolute atomic E-state index is 0.00702. The van der Waals surface area contributed by atoms with Crippen molar-refractivity contribution >= 4 is 29.9 Å². The second-order valence-electron chi connectivity index (χ2n) is 2.40. The molecule has 1 aromatic rings. The Kier molecular flexibility index (Phi) is 3.06. The quantitative estimate of drug-likeness (QED) is 0.587. The van der Waals surface area contributed by atoms with Gasteiger partial charge < -0.3 is 10.5 Å². The lowest BCUT2D eigenvalue weighted by atomic mass is 10.3. The third kappa shape index (κ3) is 2.88. The molecule has 0 aliphatic heterocycles. The molecule has 0 fully saturated rings. The Labute approximate surface area is 88.2 Å². The van der Waals surface area contributed by atoms with Gasteiger partial charge in [-0.3, -0.25) is 0 Å². The molecule has 14 heavy (non-hydrogen) atoms. The predicted molar refractivity (Wildman–Crippen MR) is 49.8 cm³/mol. The molecular formula is C7H5ClF3NOS. The molecule has 2 nitrogen and oxygen atoms in total. The van der Waals surface area contributed by atoms with Crippen LogP contribution in [0.15, 0.2) is 17.0 Å². The highest BCUT2D eigenvalue weighted by molar-refractivity contribution is 7.80. The summed E-state index contributed by atoms with van der Waals surface area (Å²) in [5.41, 5.74) is 5.36. The number of rotatable bonds is 1. The van der Waals surface area contributed by atoms with Gasteiger partial charge in [0.25, 0.3) is 0 Å². The van der Waals surface area contributed by atoms with Crippen LogP contribution in [0.5, 0.6) is 5.75 Å². The van der Waals surface area contributed by atoms with Crippen LogP contribution in [0.2, 0.25) is 5.02 Å². The van der Waals surface area contributed by atoms with E-state index in [1.54, 1.807) is 0 Å². The maximum Gasteiger partial charge on any atom is 0.573 e. The van der Waals surface area contributed by atoms with Gasteiger partial charge in [0, 0.05) is 11.8 Å². The average molecular weight is 244 g/mol. The van der Waals surface area contributed by atoms with Gasteiger partial charge >= 0.3 is 6.36 Å². The second-order valence-corrected chi connectivity index (χ2v) is 3.25. The van der Waals surface area contributed by atoms with E-state index in [0.717, 1.165) is 6.07 Å². The molecule has 7 heteroatoms. The van der Waals surface area contributed by atoms with E-state index in [9.17, 15) is 13.2 Å². The molecule has 0 aliphatic carbocycles. The maximum atomic E-state index is 11.8. The summed E-state index contributed by atoms with van der Waals surface area (Å²) < 4.78 is 39.2. The van der Waals surface area contributed by atoms with Gasteiger partial charge in [-0.05, 0) is 6.07 Å². The lowest BCUT2D eigenvalue weighted by molar-refractivity contribution is -0.275. The van der Waals surface area contributed by atoms with E-state index < -0.39 is 12.1 Å². The summed E-state index contributed by atoms with van der Waals surface area (Å²) in [6.07, 6.45) is -4.78. The largest absolute Gasteiger partial charge is 0.573 e. The summed E-state index contributed by atoms with van der Waals surface area (Å²) in [6.45, 7) is 0. The van der Waals surface area contributed by atoms with Crippen LogP contribution in [-0.4, -0.2) is 6.36 Å². The molecule has 0 saturated heterocycles. The zero-order chi connectivity index (χ0) is 10.9. The number of ether oxygens (including phenoxy) is 1. The molecule has 1 aromatic carbocycles. The monoisotopic (exact) mass is 243 g/mol. The standard InChI is InChI=1S/C7H5ClF3NOS/c8-4-1-3(12)2-5(6(4)14)13-7(9,10)11/h1-2,14H,12H2. The van der Waals surface area contributed by atoms with Crippen LogP contribution >= 0.6 is 24.2 Å². The molecule has 0 aromatic heterocycles. The third-order valence-electron chi connectivity index (χ3n) is 1.28. The van der Waals surface area contributed by atoms with E-state index in [1.807, 2.05) is 0 Å². The predicted octanol–water partition coefficient (Wildman–Crippen LogP) is 3.11. The highest BCUT2D eigenvalue weighted by Crippen LogP contribution is 2.35. The van der Waals surface area contributed by atoms with E-state index in [0.29, 0.717) is 0 Å². The Bertz CT molecular complexity index is 356. The van der Waals surface area contributed by atoms with Crippen molar-refractivity contribution in [2.45, 2.75) is 11.3 Å². The van der Waals surface area contributed by atoms with Gasteiger partial charge in [-0.2, -0.15) is 0 Å². The Balaban J connectivity index is 3.09. The SMILES string of the molecule is Nc1cc(Cl)c(S)c(OC(F)(F)F)c1. The molecule has 0 heterocycles. The number of thiol groups is 1. The normalized spacial score (nSPS) is 11.5. The van der Waals surface area contributed by atoms with E-state index >= 15 is 0 Å². The number of hydrogen-bond acceptors (Lipinski definition) is 3. The van der Waals surface area contributed by atoms with Crippen LogP contribution in [0.3, 0.4) is 0 Å². The molecule has 0 bridgehead atoms. The fourth-order valence-corrected chi connectivity index (χ4v) is 1.19. The molecule has 0 atom stereocenters. The molecule has 0 amide bonds. The first kappa shape index (κ1) is 11.3. The topological polar surface area (TPSA) is 35.2 Å². The first-order valence-corrected chi connectivity index (χ1v) is 4.16. The van der Waals surface area contributed by atoms with Crippen LogP contribution in [0.4, 0.5) is 18.9 Å². The van der Waals surface area contributed by atoms with E-state index in [2.05, 4.69) is 17.4 Å². The summed E-state index contributed by atoms with van der Waals surface area (Å²) in [6, 6.07) is 2.29. The highest BCUT2D eigenvalue weighted by atomic mass is 35.5.